The van der Waals surface area contributed by atoms with Crippen molar-refractivity contribution in [2.45, 2.75) is 6.04 Å². The maximum Gasteiger partial charge on any atom is 0.142 e. The molecule has 3 heterocycles. The number of nitrogens with two attached hydrogens (primary N) is 1. The predicted octanol–water partition coefficient (Wildman–Crippen LogP) is 3.00. The van der Waals surface area contributed by atoms with E-state index < -0.39 is 0 Å². The number of anilines is 2. The average molecular weight is 442 g/mol. The molecule has 4 rings (SSSR count). The van der Waals surface area contributed by atoms with Crippen molar-refractivity contribution < 1.29 is 4.39 Å². The first kappa shape index (κ1) is 21.4. The number of hydrogen-bond donors (Lipinski definition) is 2. The fourth-order valence-corrected chi connectivity index (χ4v) is 4.12. The van der Waals surface area contributed by atoms with Crippen LogP contribution in [0, 0.1) is 5.82 Å². The van der Waals surface area contributed by atoms with E-state index in [1.807, 2.05) is 25.4 Å². The normalized spacial score (nSPS) is 15.8. The lowest BCUT2D eigenvalue weighted by Crippen LogP contribution is -2.49. The smallest absolute Gasteiger partial charge is 0.142 e. The standard InChI is InChI=1S/C22H25ClFN7/c1-26-13-18(16-4-7-19(23)27-12-16)30-8-10-31(11-9-30)22-20(21(25)28-14-29-22)15-2-5-17(24)6-3-15/h2-7,12,14,18,26H,8-11,13H2,1H3,(H2,25,28,29). The first-order chi connectivity index (χ1) is 15.1. The summed E-state index contributed by atoms with van der Waals surface area (Å²) in [7, 11) is 1.95. The highest BCUT2D eigenvalue weighted by molar-refractivity contribution is 6.29. The number of benzene rings is 1. The molecule has 1 aromatic carbocycles. The summed E-state index contributed by atoms with van der Waals surface area (Å²) < 4.78 is 13.4. The van der Waals surface area contributed by atoms with Gasteiger partial charge >= 0.3 is 0 Å². The summed E-state index contributed by atoms with van der Waals surface area (Å²) in [5.41, 5.74) is 8.87. The minimum atomic E-state index is -0.290. The summed E-state index contributed by atoms with van der Waals surface area (Å²) >= 11 is 5.96. The van der Waals surface area contributed by atoms with Crippen LogP contribution in [0.2, 0.25) is 5.15 Å². The van der Waals surface area contributed by atoms with E-state index in [1.165, 1.54) is 18.5 Å². The first-order valence-corrected chi connectivity index (χ1v) is 10.6. The zero-order chi connectivity index (χ0) is 21.8. The van der Waals surface area contributed by atoms with Crippen molar-refractivity contribution >= 4 is 23.2 Å². The van der Waals surface area contributed by atoms with Gasteiger partial charge in [0.15, 0.2) is 0 Å². The van der Waals surface area contributed by atoms with E-state index in [-0.39, 0.29) is 11.9 Å². The Hall–Kier alpha value is -2.81. The fraction of sp³-hybridized carbons (Fsp3) is 0.318. The maximum atomic E-state index is 13.4. The van der Waals surface area contributed by atoms with Gasteiger partial charge in [-0.2, -0.15) is 0 Å². The molecule has 0 amide bonds. The number of pyridine rings is 1. The highest BCUT2D eigenvalue weighted by atomic mass is 35.5. The third kappa shape index (κ3) is 4.76. The lowest BCUT2D eigenvalue weighted by Gasteiger charge is -2.40. The average Bonchev–Trinajstić information content (AvgIpc) is 2.79. The van der Waals surface area contributed by atoms with Crippen LogP contribution in [-0.2, 0) is 0 Å². The molecular formula is C22H25ClFN7. The summed E-state index contributed by atoms with van der Waals surface area (Å²) in [5, 5.41) is 3.77. The van der Waals surface area contributed by atoms with Gasteiger partial charge in [-0.3, -0.25) is 4.90 Å². The molecule has 2 aromatic heterocycles. The molecule has 0 aliphatic carbocycles. The number of nitrogen functional groups attached to an aromatic ring is 1. The third-order valence-corrected chi connectivity index (χ3v) is 5.80. The van der Waals surface area contributed by atoms with E-state index in [4.69, 9.17) is 17.3 Å². The third-order valence-electron chi connectivity index (χ3n) is 5.58. The van der Waals surface area contributed by atoms with E-state index >= 15 is 0 Å². The zero-order valence-electron chi connectivity index (χ0n) is 17.3. The molecule has 0 spiro atoms. The molecule has 1 saturated heterocycles. The van der Waals surface area contributed by atoms with Gasteiger partial charge in [-0.05, 0) is 36.4 Å². The summed E-state index contributed by atoms with van der Waals surface area (Å²) in [6.45, 7) is 4.08. The predicted molar refractivity (Wildman–Crippen MR) is 122 cm³/mol. The molecule has 1 fully saturated rings. The molecule has 7 nitrogen and oxygen atoms in total. The molecule has 1 atom stereocenters. The molecule has 0 radical (unpaired) electrons. The quantitative estimate of drug-likeness (QED) is 0.569. The number of likely N-dealkylation sites (N-methyl/N-ethyl adjacent to an activating group) is 1. The SMILES string of the molecule is CNCC(c1ccc(Cl)nc1)N1CCN(c2ncnc(N)c2-c2ccc(F)cc2)CC1. The molecule has 3 aromatic rings. The molecule has 31 heavy (non-hydrogen) atoms. The number of nitrogens with zero attached hydrogens (tertiary/aromatic N) is 5. The van der Waals surface area contributed by atoms with Crippen molar-refractivity contribution in [3.05, 3.63) is 65.5 Å². The number of piperazine rings is 1. The van der Waals surface area contributed by atoms with Gasteiger partial charge in [-0.15, -0.1) is 0 Å². The Kier molecular flexibility index (Phi) is 6.60. The Labute approximate surface area is 186 Å². The number of aromatic nitrogens is 3. The van der Waals surface area contributed by atoms with Crippen LogP contribution in [0.4, 0.5) is 16.0 Å². The monoisotopic (exact) mass is 441 g/mol. The van der Waals surface area contributed by atoms with E-state index in [9.17, 15) is 4.39 Å². The lowest BCUT2D eigenvalue weighted by molar-refractivity contribution is 0.183. The van der Waals surface area contributed by atoms with Gasteiger partial charge in [0.05, 0.1) is 5.56 Å². The van der Waals surface area contributed by atoms with Gasteiger partial charge in [-0.1, -0.05) is 29.8 Å². The van der Waals surface area contributed by atoms with Crippen LogP contribution in [0.25, 0.3) is 11.1 Å². The second-order valence-electron chi connectivity index (χ2n) is 7.48. The number of halogens is 2. The molecule has 3 N–H and O–H groups in total. The minimum Gasteiger partial charge on any atom is -0.383 e. The van der Waals surface area contributed by atoms with Crippen LogP contribution in [0.15, 0.2) is 48.9 Å². The highest BCUT2D eigenvalue weighted by Crippen LogP contribution is 2.34. The van der Waals surface area contributed by atoms with Crippen LogP contribution in [-0.4, -0.2) is 59.6 Å². The van der Waals surface area contributed by atoms with Crippen LogP contribution in [0.3, 0.4) is 0 Å². The van der Waals surface area contributed by atoms with Crippen LogP contribution < -0.4 is 16.0 Å². The molecule has 1 aliphatic heterocycles. The van der Waals surface area contributed by atoms with Crippen LogP contribution >= 0.6 is 11.6 Å². The number of nitrogens with one attached hydrogen (secondary N) is 1. The van der Waals surface area contributed by atoms with Crippen molar-refractivity contribution in [2.75, 3.05) is 50.4 Å². The van der Waals surface area contributed by atoms with Gasteiger partial charge in [0.2, 0.25) is 0 Å². The number of rotatable bonds is 6. The van der Waals surface area contributed by atoms with E-state index in [2.05, 4.69) is 30.1 Å². The van der Waals surface area contributed by atoms with Gasteiger partial charge in [0.25, 0.3) is 0 Å². The molecule has 9 heteroatoms. The molecule has 1 aliphatic rings. The fourth-order valence-electron chi connectivity index (χ4n) is 4.00. The Bertz CT molecular complexity index is 1010. The molecule has 162 valence electrons. The lowest BCUT2D eigenvalue weighted by atomic mass is 10.0. The van der Waals surface area contributed by atoms with Crippen molar-refractivity contribution in [1.29, 1.82) is 0 Å². The van der Waals surface area contributed by atoms with Gasteiger partial charge in [0, 0.05) is 45.0 Å². The van der Waals surface area contributed by atoms with Gasteiger partial charge in [-0.25, -0.2) is 19.3 Å². The summed E-state index contributed by atoms with van der Waals surface area (Å²) in [6, 6.07) is 10.3. The van der Waals surface area contributed by atoms with Gasteiger partial charge < -0.3 is 16.0 Å². The van der Waals surface area contributed by atoms with Crippen molar-refractivity contribution in [3.8, 4) is 11.1 Å². The molecule has 0 bridgehead atoms. The van der Waals surface area contributed by atoms with Crippen LogP contribution in [0.1, 0.15) is 11.6 Å². The second kappa shape index (κ2) is 9.55. The summed E-state index contributed by atoms with van der Waals surface area (Å²) in [6.07, 6.45) is 3.32. The maximum absolute atomic E-state index is 13.4. The first-order valence-electron chi connectivity index (χ1n) is 10.2. The van der Waals surface area contributed by atoms with Crippen LogP contribution in [0.5, 0.6) is 0 Å². The Morgan fingerprint density at radius 1 is 1.06 bits per heavy atom. The van der Waals surface area contributed by atoms with E-state index in [0.29, 0.717) is 11.0 Å². The summed E-state index contributed by atoms with van der Waals surface area (Å²) in [4.78, 5) is 17.6. The van der Waals surface area contributed by atoms with E-state index in [0.717, 1.165) is 55.2 Å². The second-order valence-corrected chi connectivity index (χ2v) is 7.86. The van der Waals surface area contributed by atoms with E-state index in [1.54, 1.807) is 12.1 Å². The minimum absolute atomic E-state index is 0.198. The van der Waals surface area contributed by atoms with Crippen molar-refractivity contribution in [3.63, 3.8) is 0 Å². The largest absolute Gasteiger partial charge is 0.383 e. The molecule has 0 saturated carbocycles. The Morgan fingerprint density at radius 2 is 1.81 bits per heavy atom. The van der Waals surface area contributed by atoms with Crippen molar-refractivity contribution in [1.82, 2.24) is 25.2 Å². The number of hydrogen-bond acceptors (Lipinski definition) is 7. The molecule has 1 unspecified atom stereocenters. The Morgan fingerprint density at radius 3 is 2.45 bits per heavy atom. The summed E-state index contributed by atoms with van der Waals surface area (Å²) in [5.74, 6) is 0.873. The van der Waals surface area contributed by atoms with Crippen molar-refractivity contribution in [2.24, 2.45) is 0 Å². The zero-order valence-corrected chi connectivity index (χ0v) is 18.1. The Balaban J connectivity index is 1.54. The molecular weight excluding hydrogens is 417 g/mol. The van der Waals surface area contributed by atoms with Gasteiger partial charge in [0.1, 0.15) is 28.9 Å². The topological polar surface area (TPSA) is 83.2 Å². The highest BCUT2D eigenvalue weighted by Gasteiger charge is 2.27.